The van der Waals surface area contributed by atoms with Crippen molar-refractivity contribution in [3.63, 3.8) is 0 Å². The average Bonchev–Trinajstić information content (AvgIpc) is 2.18. The summed E-state index contributed by atoms with van der Waals surface area (Å²) in [7, 11) is 1.80. The minimum atomic E-state index is 0.307. The van der Waals surface area contributed by atoms with Crippen LogP contribution in [0.2, 0.25) is 0 Å². The lowest BCUT2D eigenvalue weighted by Crippen LogP contribution is -2.19. The largest absolute Gasteiger partial charge is 0.331 e. The van der Waals surface area contributed by atoms with Crippen molar-refractivity contribution in [1.29, 1.82) is 5.26 Å². The molecule has 0 amide bonds. The zero-order chi connectivity index (χ0) is 10.6. The second-order valence-corrected chi connectivity index (χ2v) is 3.49. The van der Waals surface area contributed by atoms with Gasteiger partial charge in [-0.3, -0.25) is 0 Å². The van der Waals surface area contributed by atoms with E-state index in [0.717, 1.165) is 5.56 Å². The maximum Gasteiger partial charge on any atom is 0.225 e. The number of nitrogens with zero attached hydrogens (tertiary/aromatic N) is 4. The standard InChI is InChI=1S/C10H14N4/c1-8(2)9-6-12-10(13-7-9)14(3)5-4-11/h6-8H,5H2,1-3H3. The topological polar surface area (TPSA) is 52.8 Å². The third-order valence-corrected chi connectivity index (χ3v) is 1.97. The van der Waals surface area contributed by atoms with Crippen molar-refractivity contribution in [3.05, 3.63) is 18.0 Å². The van der Waals surface area contributed by atoms with Gasteiger partial charge >= 0.3 is 0 Å². The molecule has 0 aliphatic heterocycles. The zero-order valence-electron chi connectivity index (χ0n) is 8.73. The number of hydrogen-bond donors (Lipinski definition) is 0. The van der Waals surface area contributed by atoms with Crippen LogP contribution in [0.5, 0.6) is 0 Å². The second-order valence-electron chi connectivity index (χ2n) is 3.49. The Morgan fingerprint density at radius 1 is 1.43 bits per heavy atom. The van der Waals surface area contributed by atoms with Gasteiger partial charge in [0.25, 0.3) is 0 Å². The normalized spacial score (nSPS) is 9.93. The lowest BCUT2D eigenvalue weighted by Gasteiger charge is -2.13. The molecule has 0 aliphatic carbocycles. The summed E-state index contributed by atoms with van der Waals surface area (Å²) in [4.78, 5) is 10.1. The first-order chi connectivity index (χ1) is 6.65. The molecular weight excluding hydrogens is 176 g/mol. The third-order valence-electron chi connectivity index (χ3n) is 1.97. The molecule has 0 aliphatic rings. The first-order valence-corrected chi connectivity index (χ1v) is 4.55. The fraction of sp³-hybridized carbons (Fsp3) is 0.500. The average molecular weight is 190 g/mol. The third kappa shape index (κ3) is 2.43. The van der Waals surface area contributed by atoms with Crippen molar-refractivity contribution in [1.82, 2.24) is 9.97 Å². The summed E-state index contributed by atoms with van der Waals surface area (Å²) in [5, 5.41) is 8.49. The van der Waals surface area contributed by atoms with Crippen molar-refractivity contribution in [3.8, 4) is 6.07 Å². The van der Waals surface area contributed by atoms with E-state index < -0.39 is 0 Å². The van der Waals surface area contributed by atoms with Crippen LogP contribution in [-0.2, 0) is 0 Å². The molecule has 1 rings (SSSR count). The minimum absolute atomic E-state index is 0.307. The van der Waals surface area contributed by atoms with Gasteiger partial charge in [0.15, 0.2) is 0 Å². The molecule has 0 radical (unpaired) electrons. The number of rotatable bonds is 3. The molecule has 14 heavy (non-hydrogen) atoms. The first kappa shape index (κ1) is 10.5. The van der Waals surface area contributed by atoms with Crippen LogP contribution < -0.4 is 4.90 Å². The summed E-state index contributed by atoms with van der Waals surface area (Å²) in [5.41, 5.74) is 1.11. The van der Waals surface area contributed by atoms with Gasteiger partial charge in [-0.25, -0.2) is 9.97 Å². The quantitative estimate of drug-likeness (QED) is 0.679. The Kier molecular flexibility index (Phi) is 3.41. The van der Waals surface area contributed by atoms with Crippen molar-refractivity contribution in [2.24, 2.45) is 0 Å². The highest BCUT2D eigenvalue weighted by Crippen LogP contribution is 2.13. The highest BCUT2D eigenvalue weighted by Gasteiger charge is 2.04. The maximum atomic E-state index is 8.49. The molecule has 74 valence electrons. The molecule has 0 spiro atoms. The number of anilines is 1. The lowest BCUT2D eigenvalue weighted by atomic mass is 10.1. The Balaban J connectivity index is 2.78. The monoisotopic (exact) mass is 190 g/mol. The molecule has 1 aromatic rings. The molecule has 4 heteroatoms. The van der Waals surface area contributed by atoms with Crippen LogP contribution in [-0.4, -0.2) is 23.6 Å². The zero-order valence-corrected chi connectivity index (χ0v) is 8.73. The minimum Gasteiger partial charge on any atom is -0.331 e. The van der Waals surface area contributed by atoms with Gasteiger partial charge < -0.3 is 4.90 Å². The van der Waals surface area contributed by atoms with Gasteiger partial charge in [0, 0.05) is 19.4 Å². The van der Waals surface area contributed by atoms with E-state index in [4.69, 9.17) is 5.26 Å². The predicted molar refractivity (Wildman–Crippen MR) is 55.0 cm³/mol. The van der Waals surface area contributed by atoms with Gasteiger partial charge in [-0.15, -0.1) is 0 Å². The summed E-state index contributed by atoms with van der Waals surface area (Å²) in [5.74, 6) is 1.03. The Bertz CT molecular complexity index is 323. The molecule has 0 fully saturated rings. The van der Waals surface area contributed by atoms with Gasteiger partial charge in [-0.1, -0.05) is 13.8 Å². The highest BCUT2D eigenvalue weighted by atomic mass is 15.2. The van der Waals surface area contributed by atoms with Crippen molar-refractivity contribution in [2.45, 2.75) is 19.8 Å². The molecule has 0 saturated heterocycles. The van der Waals surface area contributed by atoms with Crippen LogP contribution in [0.15, 0.2) is 12.4 Å². The summed E-state index contributed by atoms with van der Waals surface area (Å²) in [6.45, 7) is 4.50. The number of aromatic nitrogens is 2. The van der Waals surface area contributed by atoms with E-state index in [1.165, 1.54) is 0 Å². The first-order valence-electron chi connectivity index (χ1n) is 4.55. The molecule has 0 atom stereocenters. The van der Waals surface area contributed by atoms with E-state index in [9.17, 15) is 0 Å². The Hall–Kier alpha value is -1.63. The van der Waals surface area contributed by atoms with Crippen molar-refractivity contribution >= 4 is 5.95 Å². The van der Waals surface area contributed by atoms with Gasteiger partial charge in [0.1, 0.15) is 6.54 Å². The smallest absolute Gasteiger partial charge is 0.225 e. The van der Waals surface area contributed by atoms with Crippen molar-refractivity contribution < 1.29 is 0 Å². The predicted octanol–water partition coefficient (Wildman–Crippen LogP) is 1.56. The molecule has 0 saturated carbocycles. The molecule has 0 bridgehead atoms. The molecule has 4 nitrogen and oxygen atoms in total. The van der Waals surface area contributed by atoms with Crippen LogP contribution in [0.1, 0.15) is 25.3 Å². The summed E-state index contributed by atoms with van der Waals surface area (Å²) in [6.07, 6.45) is 3.61. The molecule has 0 unspecified atom stereocenters. The van der Waals surface area contributed by atoms with Crippen LogP contribution >= 0.6 is 0 Å². The molecule has 1 heterocycles. The maximum absolute atomic E-state index is 8.49. The fourth-order valence-electron chi connectivity index (χ4n) is 1.00. The fourth-order valence-corrected chi connectivity index (χ4v) is 1.00. The molecule has 0 N–H and O–H groups in total. The highest BCUT2D eigenvalue weighted by molar-refractivity contribution is 5.30. The van der Waals surface area contributed by atoms with E-state index in [1.807, 2.05) is 6.07 Å². The van der Waals surface area contributed by atoms with Gasteiger partial charge in [0.2, 0.25) is 5.95 Å². The van der Waals surface area contributed by atoms with E-state index in [2.05, 4.69) is 23.8 Å². The summed E-state index contributed by atoms with van der Waals surface area (Å²) >= 11 is 0. The van der Waals surface area contributed by atoms with Gasteiger partial charge in [-0.2, -0.15) is 5.26 Å². The van der Waals surface area contributed by atoms with Crippen LogP contribution in [0.25, 0.3) is 0 Å². The van der Waals surface area contributed by atoms with Gasteiger partial charge in [0.05, 0.1) is 6.07 Å². The molecular formula is C10H14N4. The molecule has 0 aromatic carbocycles. The lowest BCUT2D eigenvalue weighted by molar-refractivity contribution is 0.836. The molecule has 1 aromatic heterocycles. The van der Waals surface area contributed by atoms with Gasteiger partial charge in [-0.05, 0) is 11.5 Å². The number of hydrogen-bond acceptors (Lipinski definition) is 4. The number of nitriles is 1. The van der Waals surface area contributed by atoms with Crippen LogP contribution in [0, 0.1) is 11.3 Å². The van der Waals surface area contributed by atoms with Crippen molar-refractivity contribution in [2.75, 3.05) is 18.5 Å². The Morgan fingerprint density at radius 3 is 2.43 bits per heavy atom. The SMILES string of the molecule is CC(C)c1cnc(N(C)CC#N)nc1. The Morgan fingerprint density at radius 2 is 2.00 bits per heavy atom. The summed E-state index contributed by atoms with van der Waals surface area (Å²) in [6, 6.07) is 2.05. The van der Waals surface area contributed by atoms with Crippen LogP contribution in [0.4, 0.5) is 5.95 Å². The van der Waals surface area contributed by atoms with Crippen LogP contribution in [0.3, 0.4) is 0 Å². The van der Waals surface area contributed by atoms with E-state index in [-0.39, 0.29) is 0 Å². The van der Waals surface area contributed by atoms with E-state index in [0.29, 0.717) is 18.4 Å². The van der Waals surface area contributed by atoms with E-state index in [1.54, 1.807) is 24.3 Å². The Labute approximate surface area is 84.2 Å². The second kappa shape index (κ2) is 4.56. The summed E-state index contributed by atoms with van der Waals surface area (Å²) < 4.78 is 0. The van der Waals surface area contributed by atoms with E-state index >= 15 is 0 Å².